The van der Waals surface area contributed by atoms with E-state index in [1.807, 2.05) is 19.1 Å². The smallest absolute Gasteiger partial charge is 0.105 e. The fourth-order valence-electron chi connectivity index (χ4n) is 1.56. The lowest BCUT2D eigenvalue weighted by molar-refractivity contribution is 0.498. The average molecular weight is 193 g/mol. The van der Waals surface area contributed by atoms with Crippen molar-refractivity contribution in [2.24, 2.45) is 0 Å². The van der Waals surface area contributed by atoms with Gasteiger partial charge in [0.05, 0.1) is 6.26 Å². The third-order valence-corrected chi connectivity index (χ3v) is 2.32. The largest absolute Gasteiger partial charge is 0.469 e. The molecule has 0 aliphatic carbocycles. The number of nitrogens with one attached hydrogen (secondary N) is 1. The first-order valence-corrected chi connectivity index (χ1v) is 5.17. The average Bonchev–Trinajstić information content (AvgIpc) is 2.59. The molecule has 1 aromatic heterocycles. The molecule has 0 saturated carbocycles. The van der Waals surface area contributed by atoms with Gasteiger partial charge in [-0.25, -0.2) is 0 Å². The van der Waals surface area contributed by atoms with Crippen LogP contribution in [0.1, 0.15) is 37.1 Å². The standard InChI is InChI=1S/C12H19NO/c1-4-6-12(13-8-5-2)11-7-9-14-10(11)3/h4,7,9,12-13H,1,5-6,8H2,2-3H3. The Morgan fingerprint density at radius 3 is 2.93 bits per heavy atom. The van der Waals surface area contributed by atoms with Crippen LogP contribution in [0.5, 0.6) is 0 Å². The normalized spacial score (nSPS) is 12.7. The highest BCUT2D eigenvalue weighted by atomic mass is 16.3. The van der Waals surface area contributed by atoms with Gasteiger partial charge in [-0.15, -0.1) is 6.58 Å². The van der Waals surface area contributed by atoms with Gasteiger partial charge in [0.25, 0.3) is 0 Å². The maximum Gasteiger partial charge on any atom is 0.105 e. The van der Waals surface area contributed by atoms with Crippen molar-refractivity contribution in [3.8, 4) is 0 Å². The Labute approximate surface area is 86.0 Å². The van der Waals surface area contributed by atoms with Crippen LogP contribution in [-0.4, -0.2) is 6.54 Å². The van der Waals surface area contributed by atoms with E-state index in [9.17, 15) is 0 Å². The Hall–Kier alpha value is -1.02. The van der Waals surface area contributed by atoms with Gasteiger partial charge in [0.2, 0.25) is 0 Å². The van der Waals surface area contributed by atoms with Crippen molar-refractivity contribution in [3.63, 3.8) is 0 Å². The van der Waals surface area contributed by atoms with E-state index in [1.165, 1.54) is 5.56 Å². The quantitative estimate of drug-likeness (QED) is 0.702. The number of furan rings is 1. The van der Waals surface area contributed by atoms with Gasteiger partial charge in [-0.3, -0.25) is 0 Å². The molecule has 2 nitrogen and oxygen atoms in total. The van der Waals surface area contributed by atoms with Crippen LogP contribution in [0, 0.1) is 6.92 Å². The van der Waals surface area contributed by atoms with Crippen molar-refractivity contribution in [3.05, 3.63) is 36.3 Å². The minimum absolute atomic E-state index is 0.353. The molecule has 1 N–H and O–H groups in total. The third kappa shape index (κ3) is 2.74. The van der Waals surface area contributed by atoms with E-state index in [1.54, 1.807) is 6.26 Å². The van der Waals surface area contributed by atoms with E-state index in [4.69, 9.17) is 4.42 Å². The van der Waals surface area contributed by atoms with Crippen molar-refractivity contribution in [1.82, 2.24) is 5.32 Å². The Morgan fingerprint density at radius 2 is 2.43 bits per heavy atom. The first kappa shape index (κ1) is 11.1. The van der Waals surface area contributed by atoms with Gasteiger partial charge in [-0.1, -0.05) is 13.0 Å². The van der Waals surface area contributed by atoms with E-state index in [2.05, 4.69) is 18.8 Å². The first-order valence-electron chi connectivity index (χ1n) is 5.17. The van der Waals surface area contributed by atoms with E-state index < -0.39 is 0 Å². The molecule has 0 radical (unpaired) electrons. The van der Waals surface area contributed by atoms with Gasteiger partial charge in [-0.05, 0) is 32.4 Å². The molecule has 0 bridgehead atoms. The minimum Gasteiger partial charge on any atom is -0.469 e. The number of hydrogen-bond donors (Lipinski definition) is 1. The van der Waals surface area contributed by atoms with Crippen LogP contribution in [0.4, 0.5) is 0 Å². The molecule has 1 rings (SSSR count). The summed E-state index contributed by atoms with van der Waals surface area (Å²) in [6.45, 7) is 8.97. The van der Waals surface area contributed by atoms with Crippen LogP contribution in [0.15, 0.2) is 29.4 Å². The zero-order valence-electron chi connectivity index (χ0n) is 9.05. The second kappa shape index (κ2) is 5.66. The maximum absolute atomic E-state index is 5.30. The molecule has 0 amide bonds. The van der Waals surface area contributed by atoms with E-state index in [-0.39, 0.29) is 0 Å². The molecule has 14 heavy (non-hydrogen) atoms. The van der Waals surface area contributed by atoms with Gasteiger partial charge < -0.3 is 9.73 Å². The topological polar surface area (TPSA) is 25.2 Å². The highest BCUT2D eigenvalue weighted by molar-refractivity contribution is 5.20. The fourth-order valence-corrected chi connectivity index (χ4v) is 1.56. The van der Waals surface area contributed by atoms with Crippen LogP contribution in [-0.2, 0) is 0 Å². The zero-order chi connectivity index (χ0) is 10.4. The highest BCUT2D eigenvalue weighted by Crippen LogP contribution is 2.21. The Balaban J connectivity index is 2.66. The second-order valence-electron chi connectivity index (χ2n) is 3.46. The van der Waals surface area contributed by atoms with Crippen molar-refractivity contribution in [1.29, 1.82) is 0 Å². The summed E-state index contributed by atoms with van der Waals surface area (Å²) in [4.78, 5) is 0. The molecule has 2 heteroatoms. The molecule has 1 aromatic rings. The molecular formula is C12H19NO. The summed E-state index contributed by atoms with van der Waals surface area (Å²) in [5, 5.41) is 3.48. The summed E-state index contributed by atoms with van der Waals surface area (Å²) in [6.07, 6.45) is 5.78. The van der Waals surface area contributed by atoms with Crippen molar-refractivity contribution in [2.45, 2.75) is 32.7 Å². The van der Waals surface area contributed by atoms with Gasteiger partial charge in [0, 0.05) is 11.6 Å². The molecular weight excluding hydrogens is 174 g/mol. The molecule has 0 saturated heterocycles. The molecule has 78 valence electrons. The molecule has 0 spiro atoms. The lowest BCUT2D eigenvalue weighted by Gasteiger charge is -2.15. The predicted molar refractivity (Wildman–Crippen MR) is 59.3 cm³/mol. The van der Waals surface area contributed by atoms with E-state index >= 15 is 0 Å². The van der Waals surface area contributed by atoms with Crippen LogP contribution in [0.25, 0.3) is 0 Å². The highest BCUT2D eigenvalue weighted by Gasteiger charge is 2.12. The van der Waals surface area contributed by atoms with E-state index in [0.29, 0.717) is 6.04 Å². The summed E-state index contributed by atoms with van der Waals surface area (Å²) in [7, 11) is 0. The van der Waals surface area contributed by atoms with Crippen molar-refractivity contribution >= 4 is 0 Å². The van der Waals surface area contributed by atoms with Gasteiger partial charge in [-0.2, -0.15) is 0 Å². The molecule has 0 aromatic carbocycles. The van der Waals surface area contributed by atoms with Crippen LogP contribution in [0.3, 0.4) is 0 Å². The SMILES string of the molecule is C=CCC(NCCC)c1ccoc1C. The molecule has 0 aliphatic heterocycles. The monoisotopic (exact) mass is 193 g/mol. The third-order valence-electron chi connectivity index (χ3n) is 2.32. The lowest BCUT2D eigenvalue weighted by Crippen LogP contribution is -2.21. The van der Waals surface area contributed by atoms with Gasteiger partial charge in [0.1, 0.15) is 5.76 Å². The van der Waals surface area contributed by atoms with Crippen LogP contribution in [0.2, 0.25) is 0 Å². The Morgan fingerprint density at radius 1 is 1.64 bits per heavy atom. The molecule has 1 atom stereocenters. The zero-order valence-corrected chi connectivity index (χ0v) is 9.05. The maximum atomic E-state index is 5.30. The molecule has 1 heterocycles. The molecule has 0 fully saturated rings. The summed E-state index contributed by atoms with van der Waals surface area (Å²) in [6, 6.07) is 2.39. The number of rotatable bonds is 6. The van der Waals surface area contributed by atoms with Crippen LogP contribution >= 0.6 is 0 Å². The summed E-state index contributed by atoms with van der Waals surface area (Å²) in [5.74, 6) is 1.00. The van der Waals surface area contributed by atoms with Gasteiger partial charge in [0.15, 0.2) is 0 Å². The second-order valence-corrected chi connectivity index (χ2v) is 3.46. The van der Waals surface area contributed by atoms with Crippen molar-refractivity contribution in [2.75, 3.05) is 6.54 Å². The summed E-state index contributed by atoms with van der Waals surface area (Å²) < 4.78 is 5.30. The Kier molecular flexibility index (Phi) is 4.47. The Bertz CT molecular complexity index is 278. The number of hydrogen-bond acceptors (Lipinski definition) is 2. The summed E-state index contributed by atoms with van der Waals surface area (Å²) in [5.41, 5.74) is 1.25. The lowest BCUT2D eigenvalue weighted by atomic mass is 10.0. The minimum atomic E-state index is 0.353. The fraction of sp³-hybridized carbons (Fsp3) is 0.500. The van der Waals surface area contributed by atoms with Gasteiger partial charge >= 0.3 is 0 Å². The summed E-state index contributed by atoms with van der Waals surface area (Å²) >= 11 is 0. The first-order chi connectivity index (χ1) is 6.79. The number of aryl methyl sites for hydroxylation is 1. The molecule has 1 unspecified atom stereocenters. The van der Waals surface area contributed by atoms with Crippen molar-refractivity contribution < 1.29 is 4.42 Å². The van der Waals surface area contributed by atoms with Crippen LogP contribution < -0.4 is 5.32 Å². The predicted octanol–water partition coefficient (Wildman–Crippen LogP) is 3.20. The van der Waals surface area contributed by atoms with E-state index in [0.717, 1.165) is 25.1 Å². The molecule has 0 aliphatic rings.